The van der Waals surface area contributed by atoms with Crippen LogP contribution in [-0.2, 0) is 0 Å². The first-order valence-corrected chi connectivity index (χ1v) is 11.3. The number of rotatable bonds is 3. The molecule has 0 fully saturated rings. The number of hydrogen-bond donors (Lipinski definition) is 2. The smallest absolute Gasteiger partial charge is 0.511 e. The zero-order valence-corrected chi connectivity index (χ0v) is 18.2. The van der Waals surface area contributed by atoms with E-state index >= 15 is 0 Å². The Labute approximate surface area is 196 Å². The third-order valence-electron chi connectivity index (χ3n) is 6.92. The van der Waals surface area contributed by atoms with E-state index in [1.54, 1.807) is 0 Å². The molecule has 0 unspecified atom stereocenters. The van der Waals surface area contributed by atoms with Gasteiger partial charge in [-0.3, -0.25) is 0 Å². The summed E-state index contributed by atoms with van der Waals surface area (Å²) in [5.41, 5.74) is 7.35. The topological polar surface area (TPSA) is 49.7 Å². The molecule has 0 aromatic heterocycles. The summed E-state index contributed by atoms with van der Waals surface area (Å²) in [6, 6.07) is 35.6. The van der Waals surface area contributed by atoms with Gasteiger partial charge in [0.1, 0.15) is 5.75 Å². The van der Waals surface area contributed by atoms with E-state index in [1.165, 1.54) is 33.0 Å². The zero-order chi connectivity index (χ0) is 22.8. The van der Waals surface area contributed by atoms with Gasteiger partial charge in [0.25, 0.3) is 0 Å². The Bertz CT molecular complexity index is 1690. The van der Waals surface area contributed by atoms with Crippen LogP contribution in [0.1, 0.15) is 0 Å². The van der Waals surface area contributed by atoms with Crippen LogP contribution in [0.4, 0.5) is 0 Å². The van der Waals surface area contributed by atoms with Crippen LogP contribution in [0.2, 0.25) is 0 Å². The van der Waals surface area contributed by atoms with Crippen LogP contribution in [0.15, 0.2) is 103 Å². The molecule has 0 saturated carbocycles. The van der Waals surface area contributed by atoms with Gasteiger partial charge >= 0.3 is 7.32 Å². The standard InChI is InChI=1S/C30H19BO3/c32-31(33)34-30-26-12-5-3-10-22(26)29(23-11-4-6-13-27(23)30)25-17-16-24-19-9-2-1-8-18(19)20-14-7-15-21(25)28(20)24/h1-17,32-33H. The lowest BCUT2D eigenvalue weighted by molar-refractivity contribution is 0.291. The fourth-order valence-corrected chi connectivity index (χ4v) is 5.64. The van der Waals surface area contributed by atoms with Gasteiger partial charge in [0, 0.05) is 10.8 Å². The monoisotopic (exact) mass is 438 g/mol. The minimum Gasteiger partial charge on any atom is -0.511 e. The van der Waals surface area contributed by atoms with Gasteiger partial charge in [-0.2, -0.15) is 0 Å². The molecule has 0 atom stereocenters. The Morgan fingerprint density at radius 2 is 0.912 bits per heavy atom. The molecule has 2 N–H and O–H groups in total. The molecule has 4 heteroatoms. The fraction of sp³-hybridized carbons (Fsp3) is 0. The first kappa shape index (κ1) is 19.4. The molecule has 1 aliphatic rings. The Balaban J connectivity index is 1.64. The molecular formula is C30H19BO3. The van der Waals surface area contributed by atoms with Gasteiger partial charge < -0.3 is 14.7 Å². The van der Waals surface area contributed by atoms with E-state index in [2.05, 4.69) is 66.7 Å². The van der Waals surface area contributed by atoms with Crippen molar-refractivity contribution in [1.29, 1.82) is 0 Å². The molecular weight excluding hydrogens is 419 g/mol. The van der Waals surface area contributed by atoms with E-state index < -0.39 is 7.32 Å². The summed E-state index contributed by atoms with van der Waals surface area (Å²) in [7, 11) is -1.90. The summed E-state index contributed by atoms with van der Waals surface area (Å²) in [6.45, 7) is 0. The molecule has 6 aromatic rings. The summed E-state index contributed by atoms with van der Waals surface area (Å²) in [5, 5.41) is 25.5. The normalized spacial score (nSPS) is 11.8. The number of benzene rings is 6. The van der Waals surface area contributed by atoms with E-state index in [0.29, 0.717) is 5.75 Å². The summed E-state index contributed by atoms with van der Waals surface area (Å²) >= 11 is 0. The predicted octanol–water partition coefficient (Wildman–Crippen LogP) is 6.81. The van der Waals surface area contributed by atoms with Gasteiger partial charge in [0.05, 0.1) is 0 Å². The van der Waals surface area contributed by atoms with Crippen LogP contribution >= 0.6 is 0 Å². The van der Waals surface area contributed by atoms with Crippen LogP contribution in [-0.4, -0.2) is 17.4 Å². The maximum Gasteiger partial charge on any atom is 0.707 e. The molecule has 0 radical (unpaired) electrons. The molecule has 34 heavy (non-hydrogen) atoms. The maximum atomic E-state index is 9.64. The number of hydrogen-bond acceptors (Lipinski definition) is 3. The Morgan fingerprint density at radius 3 is 1.53 bits per heavy atom. The second-order valence-corrected chi connectivity index (χ2v) is 8.67. The van der Waals surface area contributed by atoms with Crippen LogP contribution in [0.3, 0.4) is 0 Å². The van der Waals surface area contributed by atoms with Gasteiger partial charge in [-0.05, 0) is 54.9 Å². The van der Waals surface area contributed by atoms with Gasteiger partial charge in [-0.25, -0.2) is 0 Å². The Kier molecular flexibility index (Phi) is 4.10. The fourth-order valence-electron chi connectivity index (χ4n) is 5.64. The summed E-state index contributed by atoms with van der Waals surface area (Å²) in [5.74, 6) is 0.475. The first-order valence-electron chi connectivity index (χ1n) is 11.3. The summed E-state index contributed by atoms with van der Waals surface area (Å²) < 4.78 is 5.52. The molecule has 3 nitrogen and oxygen atoms in total. The molecule has 0 saturated heterocycles. The maximum absolute atomic E-state index is 9.64. The van der Waals surface area contributed by atoms with Crippen molar-refractivity contribution in [2.24, 2.45) is 0 Å². The molecule has 6 aromatic carbocycles. The van der Waals surface area contributed by atoms with Crippen molar-refractivity contribution in [3.05, 3.63) is 103 Å². The van der Waals surface area contributed by atoms with Gasteiger partial charge in [-0.15, -0.1) is 0 Å². The summed E-state index contributed by atoms with van der Waals surface area (Å²) in [6.07, 6.45) is 0. The van der Waals surface area contributed by atoms with Crippen LogP contribution in [0.25, 0.3) is 65.7 Å². The second kappa shape index (κ2) is 7.19. The SMILES string of the molecule is OB(O)Oc1c2ccccc2c(-c2ccc3c4c(cccc24)-c2ccccc2-3)c2ccccc12. The molecule has 0 heterocycles. The van der Waals surface area contributed by atoms with Crippen molar-refractivity contribution in [3.63, 3.8) is 0 Å². The molecule has 0 amide bonds. The van der Waals surface area contributed by atoms with E-state index in [-0.39, 0.29) is 0 Å². The lowest BCUT2D eigenvalue weighted by atomic mass is 9.87. The quantitative estimate of drug-likeness (QED) is 0.235. The zero-order valence-electron chi connectivity index (χ0n) is 18.2. The van der Waals surface area contributed by atoms with Crippen LogP contribution in [0, 0.1) is 0 Å². The van der Waals surface area contributed by atoms with Crippen molar-refractivity contribution in [2.45, 2.75) is 0 Å². The summed E-state index contributed by atoms with van der Waals surface area (Å²) in [4.78, 5) is 0. The first-order chi connectivity index (χ1) is 16.7. The molecule has 0 bridgehead atoms. The molecule has 1 aliphatic carbocycles. The van der Waals surface area contributed by atoms with E-state index in [1.807, 2.05) is 36.4 Å². The average Bonchev–Trinajstić information content (AvgIpc) is 3.20. The van der Waals surface area contributed by atoms with Crippen LogP contribution < -0.4 is 4.65 Å². The number of fused-ring (bicyclic) bond motifs is 5. The molecule has 7 rings (SSSR count). The highest BCUT2D eigenvalue weighted by Crippen LogP contribution is 2.51. The van der Waals surface area contributed by atoms with Crippen molar-refractivity contribution in [2.75, 3.05) is 0 Å². The average molecular weight is 438 g/mol. The van der Waals surface area contributed by atoms with Crippen molar-refractivity contribution in [3.8, 4) is 39.1 Å². The van der Waals surface area contributed by atoms with Crippen molar-refractivity contribution in [1.82, 2.24) is 0 Å². The third kappa shape index (κ3) is 2.61. The second-order valence-electron chi connectivity index (χ2n) is 8.67. The van der Waals surface area contributed by atoms with Gasteiger partial charge in [0.2, 0.25) is 0 Å². The Morgan fingerprint density at radius 1 is 0.441 bits per heavy atom. The lowest BCUT2D eigenvalue weighted by Crippen LogP contribution is -2.21. The van der Waals surface area contributed by atoms with Crippen molar-refractivity contribution < 1.29 is 14.7 Å². The van der Waals surface area contributed by atoms with Crippen molar-refractivity contribution >= 4 is 39.6 Å². The predicted molar refractivity (Wildman–Crippen MR) is 140 cm³/mol. The lowest BCUT2D eigenvalue weighted by Gasteiger charge is -2.19. The highest BCUT2D eigenvalue weighted by molar-refractivity contribution is 6.35. The highest BCUT2D eigenvalue weighted by atomic mass is 16.6. The van der Waals surface area contributed by atoms with Gasteiger partial charge in [-0.1, -0.05) is 103 Å². The van der Waals surface area contributed by atoms with Gasteiger partial charge in [0.15, 0.2) is 0 Å². The molecule has 0 aliphatic heterocycles. The van der Waals surface area contributed by atoms with Crippen LogP contribution in [0.5, 0.6) is 5.75 Å². The van der Waals surface area contributed by atoms with E-state index in [9.17, 15) is 10.0 Å². The molecule has 160 valence electrons. The van der Waals surface area contributed by atoms with E-state index in [0.717, 1.165) is 32.7 Å². The minimum absolute atomic E-state index is 0.475. The Hall–Kier alpha value is -4.12. The highest BCUT2D eigenvalue weighted by Gasteiger charge is 2.25. The minimum atomic E-state index is -1.90. The van der Waals surface area contributed by atoms with E-state index in [4.69, 9.17) is 4.65 Å². The third-order valence-corrected chi connectivity index (χ3v) is 6.92. The largest absolute Gasteiger partial charge is 0.707 e. The molecule has 0 spiro atoms.